The summed E-state index contributed by atoms with van der Waals surface area (Å²) in [4.78, 5) is 45.8. The molecule has 1 aromatic heterocycles. The third-order valence-electron chi connectivity index (χ3n) is 7.64. The van der Waals surface area contributed by atoms with E-state index in [1.54, 1.807) is 48.7 Å². The molecule has 3 amide bonds. The number of aromatic nitrogens is 1. The van der Waals surface area contributed by atoms with E-state index in [9.17, 15) is 14.4 Å². The predicted molar refractivity (Wildman–Crippen MR) is 166 cm³/mol. The van der Waals surface area contributed by atoms with Gasteiger partial charge in [-0.1, -0.05) is 23.7 Å². The number of hydrogen-bond acceptors (Lipinski definition) is 6. The maximum Gasteiger partial charge on any atom is 0.411 e. The van der Waals surface area contributed by atoms with Gasteiger partial charge < -0.3 is 28.6 Å². The molecule has 1 aliphatic heterocycles. The van der Waals surface area contributed by atoms with E-state index in [2.05, 4.69) is 10.6 Å². The van der Waals surface area contributed by atoms with Gasteiger partial charge in [0.1, 0.15) is 17.2 Å². The molecule has 11 heteroatoms. The third kappa shape index (κ3) is 8.15. The zero-order valence-corrected chi connectivity index (χ0v) is 27.6. The van der Waals surface area contributed by atoms with Crippen molar-refractivity contribution in [3.63, 3.8) is 0 Å². The molecule has 10 nitrogen and oxygen atoms in total. The van der Waals surface area contributed by atoms with Crippen LogP contribution in [-0.2, 0) is 25.5 Å². The van der Waals surface area contributed by atoms with E-state index in [1.807, 2.05) is 30.2 Å². The van der Waals surface area contributed by atoms with Crippen molar-refractivity contribution < 1.29 is 28.6 Å². The second kappa shape index (κ2) is 12.9. The van der Waals surface area contributed by atoms with Crippen molar-refractivity contribution in [2.75, 3.05) is 33.4 Å². The first-order valence-corrected chi connectivity index (χ1v) is 15.5. The lowest BCUT2D eigenvalue weighted by Gasteiger charge is -2.43. The largest absolute Gasteiger partial charge is 0.444 e. The average Bonchev–Trinajstić information content (AvgIpc) is 3.70. The number of aryl methyl sites for hydroxylation is 1. The summed E-state index contributed by atoms with van der Waals surface area (Å²) < 4.78 is 18.7. The topological polar surface area (TPSA) is 93.5 Å². The van der Waals surface area contributed by atoms with Gasteiger partial charge in [0.15, 0.2) is 0 Å². The highest BCUT2D eigenvalue weighted by atomic mass is 35.5. The Labute approximate surface area is 260 Å². The van der Waals surface area contributed by atoms with Crippen LogP contribution in [0.2, 0.25) is 5.02 Å². The van der Waals surface area contributed by atoms with E-state index in [0.29, 0.717) is 11.6 Å². The van der Waals surface area contributed by atoms with Crippen molar-refractivity contribution in [3.8, 4) is 0 Å². The molecule has 2 aromatic rings. The highest BCUT2D eigenvalue weighted by Gasteiger charge is 2.46. The SMILES string of the molecule is COCCCn1cc(Cl)c2ccc([C@@H](C)N(C(=O)[C@H]3CN(C(=O)OC(C)(C)C)CCN3C(=O)OC(C)(C)C)C3CC3)cc21. The molecule has 1 saturated carbocycles. The van der Waals surface area contributed by atoms with Crippen LogP contribution in [0, 0.1) is 0 Å². The van der Waals surface area contributed by atoms with Crippen molar-refractivity contribution >= 4 is 40.6 Å². The molecule has 238 valence electrons. The lowest BCUT2D eigenvalue weighted by Crippen LogP contribution is -2.63. The standard InChI is InChI=1S/C32H47ClN4O6/c1-21(22-10-13-24-25(33)19-34(26(24)18-22)14-9-17-41-8)37(23-11-12-23)28(38)27-20-35(29(39)42-31(2,3)4)15-16-36(27)30(40)43-32(5,6)7/h10,13,18-19,21,23,27H,9,11-12,14-17,20H2,1-8H3/t21-,27-/m1/s1. The summed E-state index contributed by atoms with van der Waals surface area (Å²) in [5.41, 5.74) is 0.554. The van der Waals surface area contributed by atoms with Crippen LogP contribution in [0.15, 0.2) is 24.4 Å². The first-order valence-electron chi connectivity index (χ1n) is 15.2. The Balaban J connectivity index is 1.64. The molecule has 0 spiro atoms. The van der Waals surface area contributed by atoms with E-state index in [-0.39, 0.29) is 37.6 Å². The molecule has 0 bridgehead atoms. The van der Waals surface area contributed by atoms with E-state index >= 15 is 0 Å². The molecule has 4 rings (SSSR count). The van der Waals surface area contributed by atoms with Crippen LogP contribution < -0.4 is 0 Å². The number of amides is 3. The van der Waals surface area contributed by atoms with Crippen molar-refractivity contribution in [2.24, 2.45) is 0 Å². The normalized spacial score (nSPS) is 18.5. The van der Waals surface area contributed by atoms with Crippen LogP contribution >= 0.6 is 11.6 Å². The molecule has 2 aliphatic rings. The average molecular weight is 619 g/mol. The summed E-state index contributed by atoms with van der Waals surface area (Å²) in [7, 11) is 1.69. The van der Waals surface area contributed by atoms with Crippen LogP contribution in [0.4, 0.5) is 9.59 Å². The number of fused-ring (bicyclic) bond motifs is 1. The number of methoxy groups -OCH3 is 1. The molecule has 0 N–H and O–H groups in total. The summed E-state index contributed by atoms with van der Waals surface area (Å²) >= 11 is 6.56. The second-order valence-electron chi connectivity index (χ2n) is 13.6. The van der Waals surface area contributed by atoms with E-state index in [0.717, 1.165) is 42.3 Å². The minimum Gasteiger partial charge on any atom is -0.444 e. The zero-order valence-electron chi connectivity index (χ0n) is 26.8. The molecule has 1 aliphatic carbocycles. The van der Waals surface area contributed by atoms with Gasteiger partial charge in [0.05, 0.1) is 17.6 Å². The lowest BCUT2D eigenvalue weighted by atomic mass is 10.0. The van der Waals surface area contributed by atoms with Crippen molar-refractivity contribution in [1.82, 2.24) is 19.3 Å². The number of halogens is 1. The fourth-order valence-electron chi connectivity index (χ4n) is 5.49. The molecule has 2 fully saturated rings. The summed E-state index contributed by atoms with van der Waals surface area (Å²) in [5.74, 6) is -0.206. The number of ether oxygens (including phenoxy) is 3. The minimum absolute atomic E-state index is 0.0277. The number of benzene rings is 1. The fraction of sp³-hybridized carbons (Fsp3) is 0.656. The monoisotopic (exact) mass is 618 g/mol. The van der Waals surface area contributed by atoms with Gasteiger partial charge in [0.2, 0.25) is 5.91 Å². The quantitative estimate of drug-likeness (QED) is 0.325. The number of nitrogens with zero attached hydrogens (tertiary/aromatic N) is 4. The zero-order chi connectivity index (χ0) is 31.7. The molecule has 2 atom stereocenters. The molecule has 0 radical (unpaired) electrons. The molecule has 1 saturated heterocycles. The predicted octanol–water partition coefficient (Wildman–Crippen LogP) is 6.24. The van der Waals surface area contributed by atoms with Crippen LogP contribution in [0.5, 0.6) is 0 Å². The fourth-order valence-corrected chi connectivity index (χ4v) is 5.76. The highest BCUT2D eigenvalue weighted by molar-refractivity contribution is 6.35. The molecule has 1 aromatic carbocycles. The smallest absolute Gasteiger partial charge is 0.411 e. The van der Waals surface area contributed by atoms with Crippen molar-refractivity contribution in [1.29, 1.82) is 0 Å². The van der Waals surface area contributed by atoms with Crippen molar-refractivity contribution in [2.45, 2.75) is 104 Å². The Morgan fingerprint density at radius 2 is 1.67 bits per heavy atom. The van der Waals surface area contributed by atoms with Crippen LogP contribution in [0.3, 0.4) is 0 Å². The first-order chi connectivity index (χ1) is 20.1. The van der Waals surface area contributed by atoms with Crippen LogP contribution in [0.25, 0.3) is 10.9 Å². The maximum atomic E-state index is 14.5. The summed E-state index contributed by atoms with van der Waals surface area (Å²) in [5, 5.41) is 1.63. The second-order valence-corrected chi connectivity index (χ2v) is 14.0. The Hall–Kier alpha value is -2.98. The first kappa shape index (κ1) is 32.9. The number of carbonyl (C=O) groups excluding carboxylic acids is 3. The van der Waals surface area contributed by atoms with Gasteiger partial charge in [0, 0.05) is 56.5 Å². The molecule has 2 heterocycles. The summed E-state index contributed by atoms with van der Waals surface area (Å²) in [6, 6.07) is 4.98. The van der Waals surface area contributed by atoms with Crippen molar-refractivity contribution in [3.05, 3.63) is 35.0 Å². The number of carbonyl (C=O) groups is 3. The number of rotatable bonds is 8. The van der Waals surface area contributed by atoms with Gasteiger partial charge in [-0.3, -0.25) is 9.69 Å². The van der Waals surface area contributed by atoms with Crippen LogP contribution in [-0.4, -0.2) is 94.0 Å². The van der Waals surface area contributed by atoms with Gasteiger partial charge in [-0.05, 0) is 79.4 Å². The van der Waals surface area contributed by atoms with E-state index in [4.69, 9.17) is 25.8 Å². The van der Waals surface area contributed by atoms with E-state index < -0.39 is 29.4 Å². The summed E-state index contributed by atoms with van der Waals surface area (Å²) in [6.07, 6.45) is 3.48. The molecule has 0 unspecified atom stereocenters. The minimum atomic E-state index is -0.907. The van der Waals surface area contributed by atoms with Gasteiger partial charge in [-0.15, -0.1) is 0 Å². The Bertz CT molecular complexity index is 1330. The van der Waals surface area contributed by atoms with Gasteiger partial charge in [0.25, 0.3) is 0 Å². The number of hydrogen-bond donors (Lipinski definition) is 0. The molecule has 43 heavy (non-hydrogen) atoms. The Morgan fingerprint density at radius 1 is 1.02 bits per heavy atom. The highest BCUT2D eigenvalue weighted by Crippen LogP contribution is 2.38. The van der Waals surface area contributed by atoms with Gasteiger partial charge in [-0.2, -0.15) is 0 Å². The van der Waals surface area contributed by atoms with Gasteiger partial charge in [-0.25, -0.2) is 9.59 Å². The van der Waals surface area contributed by atoms with Gasteiger partial charge >= 0.3 is 12.2 Å². The Morgan fingerprint density at radius 3 is 2.28 bits per heavy atom. The number of piperazine rings is 1. The van der Waals surface area contributed by atoms with Crippen LogP contribution in [0.1, 0.15) is 79.3 Å². The lowest BCUT2D eigenvalue weighted by molar-refractivity contribution is -0.142. The third-order valence-corrected chi connectivity index (χ3v) is 7.95. The molecular weight excluding hydrogens is 572 g/mol. The maximum absolute atomic E-state index is 14.5. The molecular formula is C32H47ClN4O6. The Kier molecular flexibility index (Phi) is 9.91. The van der Waals surface area contributed by atoms with E-state index in [1.165, 1.54) is 9.80 Å². The summed E-state index contributed by atoms with van der Waals surface area (Å²) in [6.45, 7) is 14.7.